The van der Waals surface area contributed by atoms with E-state index in [1.165, 1.54) is 13.8 Å². The lowest BCUT2D eigenvalue weighted by atomic mass is 10.1. The van der Waals surface area contributed by atoms with Gasteiger partial charge in [0.1, 0.15) is 0 Å². The summed E-state index contributed by atoms with van der Waals surface area (Å²) in [7, 11) is 0. The van der Waals surface area contributed by atoms with Gasteiger partial charge in [-0.3, -0.25) is 14.4 Å². The van der Waals surface area contributed by atoms with Crippen LogP contribution in [0.25, 0.3) is 21.9 Å². The van der Waals surface area contributed by atoms with Crippen molar-refractivity contribution < 1.29 is 14.0 Å². The summed E-state index contributed by atoms with van der Waals surface area (Å²) >= 11 is 0. The molecule has 23 heavy (non-hydrogen) atoms. The predicted octanol–water partition coefficient (Wildman–Crippen LogP) is 2.86. The molecule has 0 aliphatic heterocycles. The second kappa shape index (κ2) is 5.57. The number of rotatable bonds is 2. The highest BCUT2D eigenvalue weighted by atomic mass is 16.3. The van der Waals surface area contributed by atoms with Gasteiger partial charge >= 0.3 is 0 Å². The maximum atomic E-state index is 12.7. The van der Waals surface area contributed by atoms with E-state index < -0.39 is 0 Å². The molecule has 0 bridgehead atoms. The number of benzene rings is 2. The first-order valence-corrected chi connectivity index (χ1v) is 7.01. The maximum absolute atomic E-state index is 12.7. The van der Waals surface area contributed by atoms with E-state index in [4.69, 9.17) is 4.42 Å². The number of carbonyl (C=O) groups is 2. The molecular formula is C17H14N2O4. The molecule has 0 saturated carbocycles. The van der Waals surface area contributed by atoms with Crippen LogP contribution < -0.4 is 16.1 Å². The van der Waals surface area contributed by atoms with Crippen molar-refractivity contribution in [3.05, 3.63) is 46.6 Å². The first-order chi connectivity index (χ1) is 11.0. The minimum absolute atomic E-state index is 0.222. The fraction of sp³-hybridized carbons (Fsp3) is 0.118. The Morgan fingerprint density at radius 3 is 1.65 bits per heavy atom. The van der Waals surface area contributed by atoms with Gasteiger partial charge in [-0.2, -0.15) is 0 Å². The Balaban J connectivity index is 2.39. The molecule has 3 rings (SSSR count). The van der Waals surface area contributed by atoms with E-state index in [1.54, 1.807) is 36.4 Å². The molecule has 0 unspecified atom stereocenters. The van der Waals surface area contributed by atoms with Gasteiger partial charge in [-0.05, 0) is 24.3 Å². The number of anilines is 2. The molecule has 3 aromatic rings. The van der Waals surface area contributed by atoms with Gasteiger partial charge in [0.25, 0.3) is 0 Å². The normalized spacial score (nSPS) is 10.7. The summed E-state index contributed by atoms with van der Waals surface area (Å²) in [5, 5.41) is 6.01. The number of hydrogen-bond donors (Lipinski definition) is 2. The molecule has 0 aliphatic rings. The lowest BCUT2D eigenvalue weighted by molar-refractivity contribution is -0.115. The van der Waals surface area contributed by atoms with E-state index in [0.717, 1.165) is 0 Å². The number of nitrogens with one attached hydrogen (secondary N) is 2. The van der Waals surface area contributed by atoms with Crippen LogP contribution in [0.15, 0.2) is 45.6 Å². The summed E-state index contributed by atoms with van der Waals surface area (Å²) in [6, 6.07) is 9.93. The summed E-state index contributed by atoms with van der Waals surface area (Å²) in [5.74, 6) is -0.536. The molecule has 0 radical (unpaired) electrons. The first kappa shape index (κ1) is 14.8. The van der Waals surface area contributed by atoms with E-state index in [9.17, 15) is 14.4 Å². The lowest BCUT2D eigenvalue weighted by Crippen LogP contribution is -2.10. The summed E-state index contributed by atoms with van der Waals surface area (Å²) < 4.78 is 5.86. The van der Waals surface area contributed by atoms with Crippen molar-refractivity contribution in [3.8, 4) is 0 Å². The Kier molecular flexibility index (Phi) is 3.57. The van der Waals surface area contributed by atoms with Gasteiger partial charge in [0.15, 0.2) is 11.2 Å². The second-order valence-corrected chi connectivity index (χ2v) is 5.16. The smallest absolute Gasteiger partial charge is 0.221 e. The van der Waals surface area contributed by atoms with Gasteiger partial charge in [0, 0.05) is 13.8 Å². The van der Waals surface area contributed by atoms with Crippen molar-refractivity contribution in [2.75, 3.05) is 10.6 Å². The van der Waals surface area contributed by atoms with Crippen LogP contribution in [0.4, 0.5) is 11.4 Å². The molecule has 116 valence electrons. The van der Waals surface area contributed by atoms with Crippen LogP contribution in [0, 0.1) is 0 Å². The highest BCUT2D eigenvalue weighted by Gasteiger charge is 2.14. The molecule has 1 aromatic heterocycles. The van der Waals surface area contributed by atoms with E-state index in [1.807, 2.05) is 0 Å². The Bertz CT molecular complexity index is 928. The number of fused-ring (bicyclic) bond motifs is 2. The second-order valence-electron chi connectivity index (χ2n) is 5.16. The monoisotopic (exact) mass is 310 g/mol. The van der Waals surface area contributed by atoms with Crippen molar-refractivity contribution in [2.24, 2.45) is 0 Å². The van der Waals surface area contributed by atoms with Crippen LogP contribution in [-0.4, -0.2) is 11.8 Å². The van der Waals surface area contributed by atoms with Gasteiger partial charge in [-0.15, -0.1) is 0 Å². The van der Waals surface area contributed by atoms with Crippen molar-refractivity contribution in [2.45, 2.75) is 13.8 Å². The Labute approximate surface area is 131 Å². The number of carbonyl (C=O) groups excluding carboxylic acids is 2. The fourth-order valence-corrected chi connectivity index (χ4v) is 2.47. The van der Waals surface area contributed by atoms with Crippen molar-refractivity contribution in [1.29, 1.82) is 0 Å². The molecule has 0 aliphatic carbocycles. The molecule has 2 aromatic carbocycles. The summed E-state index contributed by atoms with van der Waals surface area (Å²) in [6.45, 7) is 2.75. The average molecular weight is 310 g/mol. The number of para-hydroxylation sites is 2. The largest absolute Gasteiger partial charge is 0.451 e. The topological polar surface area (TPSA) is 88.4 Å². The zero-order valence-electron chi connectivity index (χ0n) is 12.6. The van der Waals surface area contributed by atoms with Gasteiger partial charge in [-0.25, -0.2) is 0 Å². The predicted molar refractivity (Wildman–Crippen MR) is 88.6 cm³/mol. The third-order valence-corrected chi connectivity index (χ3v) is 3.34. The van der Waals surface area contributed by atoms with Crippen LogP contribution in [0.5, 0.6) is 0 Å². The minimum Gasteiger partial charge on any atom is -0.451 e. The molecule has 0 saturated heterocycles. The SMILES string of the molecule is CC(=O)Nc1cccc2c(=O)c3cccc(NC(C)=O)c3oc12. The Hall–Kier alpha value is -3.15. The Morgan fingerprint density at radius 1 is 0.826 bits per heavy atom. The lowest BCUT2D eigenvalue weighted by Gasteiger charge is -2.10. The fourth-order valence-electron chi connectivity index (χ4n) is 2.47. The van der Waals surface area contributed by atoms with Gasteiger partial charge in [0.2, 0.25) is 17.2 Å². The molecule has 1 heterocycles. The van der Waals surface area contributed by atoms with Crippen LogP contribution in [0.3, 0.4) is 0 Å². The van der Waals surface area contributed by atoms with Crippen molar-refractivity contribution in [3.63, 3.8) is 0 Å². The maximum Gasteiger partial charge on any atom is 0.221 e. The molecule has 0 atom stereocenters. The summed E-state index contributed by atoms with van der Waals surface area (Å²) in [5.41, 5.74) is 1.15. The molecule has 0 fully saturated rings. The van der Waals surface area contributed by atoms with Gasteiger partial charge in [0.05, 0.1) is 22.1 Å². The zero-order chi connectivity index (χ0) is 16.6. The quantitative estimate of drug-likeness (QED) is 0.712. The molecule has 2 N–H and O–H groups in total. The standard InChI is InChI=1S/C17H14N2O4/c1-9(20)18-13-7-3-5-11-15(22)12-6-4-8-14(19-10(2)21)17(12)23-16(11)13/h3-8H,1-2H3,(H,18,20)(H,19,21). The molecule has 2 amide bonds. The van der Waals surface area contributed by atoms with Crippen molar-refractivity contribution in [1.82, 2.24) is 0 Å². The summed E-state index contributed by atoms with van der Waals surface area (Å²) in [6.07, 6.45) is 0. The van der Waals surface area contributed by atoms with Gasteiger partial charge < -0.3 is 15.1 Å². The van der Waals surface area contributed by atoms with Crippen LogP contribution in [-0.2, 0) is 9.59 Å². The van der Waals surface area contributed by atoms with E-state index in [-0.39, 0.29) is 28.4 Å². The van der Waals surface area contributed by atoms with Crippen LogP contribution in [0.1, 0.15) is 13.8 Å². The number of hydrogen-bond acceptors (Lipinski definition) is 4. The highest BCUT2D eigenvalue weighted by Crippen LogP contribution is 2.29. The molecule has 6 nitrogen and oxygen atoms in total. The van der Waals surface area contributed by atoms with E-state index in [2.05, 4.69) is 10.6 Å². The van der Waals surface area contributed by atoms with E-state index >= 15 is 0 Å². The third kappa shape index (κ3) is 2.66. The zero-order valence-corrected chi connectivity index (χ0v) is 12.6. The molecular weight excluding hydrogens is 296 g/mol. The van der Waals surface area contributed by atoms with Crippen LogP contribution >= 0.6 is 0 Å². The van der Waals surface area contributed by atoms with Gasteiger partial charge in [-0.1, -0.05) is 12.1 Å². The minimum atomic E-state index is -0.268. The highest BCUT2D eigenvalue weighted by molar-refractivity contribution is 6.04. The first-order valence-electron chi connectivity index (χ1n) is 7.01. The number of amides is 2. The Morgan fingerprint density at radius 2 is 1.26 bits per heavy atom. The van der Waals surface area contributed by atoms with Crippen LogP contribution in [0.2, 0.25) is 0 Å². The summed E-state index contributed by atoms with van der Waals surface area (Å²) in [4.78, 5) is 35.3. The van der Waals surface area contributed by atoms with E-state index in [0.29, 0.717) is 22.1 Å². The average Bonchev–Trinajstić information content (AvgIpc) is 2.48. The van der Waals surface area contributed by atoms with Crippen molar-refractivity contribution >= 4 is 45.1 Å². The molecule has 6 heteroatoms. The molecule has 0 spiro atoms. The third-order valence-electron chi connectivity index (χ3n) is 3.34.